The van der Waals surface area contributed by atoms with Crippen molar-refractivity contribution in [3.8, 4) is 5.75 Å². The molecular formula is C14H21NO4S. The number of ether oxygens (including phenoxy) is 1. The van der Waals surface area contributed by atoms with Crippen LogP contribution in [0.5, 0.6) is 5.75 Å². The number of benzene rings is 1. The minimum atomic E-state index is -3.60. The maximum absolute atomic E-state index is 12.4. The lowest BCUT2D eigenvalue weighted by molar-refractivity contribution is 0.280. The van der Waals surface area contributed by atoms with E-state index in [2.05, 4.69) is 4.72 Å². The van der Waals surface area contributed by atoms with Gasteiger partial charge in [0.05, 0.1) is 13.7 Å². The van der Waals surface area contributed by atoms with Crippen molar-refractivity contribution in [3.05, 3.63) is 23.8 Å². The predicted octanol–water partition coefficient (Wildman–Crippen LogP) is 1.65. The first-order chi connectivity index (χ1) is 9.46. The van der Waals surface area contributed by atoms with E-state index < -0.39 is 10.0 Å². The standard InChI is InChI=1S/C14H21NO4S/c1-10(7-11-3-4-11)15-20(17,18)14-6-5-12(9-16)8-13(14)19-2/h5-6,8,10-11,15-16H,3-4,7,9H2,1-2H3. The summed E-state index contributed by atoms with van der Waals surface area (Å²) in [5, 5.41) is 9.08. The Bertz CT molecular complexity index is 567. The summed E-state index contributed by atoms with van der Waals surface area (Å²) < 4.78 is 32.5. The summed E-state index contributed by atoms with van der Waals surface area (Å²) in [5.41, 5.74) is 0.617. The van der Waals surface area contributed by atoms with Crippen molar-refractivity contribution in [2.45, 2.75) is 43.7 Å². The summed E-state index contributed by atoms with van der Waals surface area (Å²) in [6.45, 7) is 1.73. The molecule has 5 nitrogen and oxygen atoms in total. The van der Waals surface area contributed by atoms with Crippen LogP contribution in [0.3, 0.4) is 0 Å². The number of sulfonamides is 1. The highest BCUT2D eigenvalue weighted by molar-refractivity contribution is 7.89. The molecule has 1 saturated carbocycles. The highest BCUT2D eigenvalue weighted by Gasteiger charge is 2.27. The molecule has 0 bridgehead atoms. The van der Waals surface area contributed by atoms with Crippen molar-refractivity contribution in [2.24, 2.45) is 5.92 Å². The molecule has 0 amide bonds. The van der Waals surface area contributed by atoms with E-state index in [9.17, 15) is 8.42 Å². The molecule has 20 heavy (non-hydrogen) atoms. The van der Waals surface area contributed by atoms with Gasteiger partial charge in [-0.1, -0.05) is 18.9 Å². The monoisotopic (exact) mass is 299 g/mol. The molecule has 6 heteroatoms. The summed E-state index contributed by atoms with van der Waals surface area (Å²) in [5.74, 6) is 0.911. The van der Waals surface area contributed by atoms with Crippen LogP contribution < -0.4 is 9.46 Å². The van der Waals surface area contributed by atoms with E-state index in [1.807, 2.05) is 6.92 Å². The van der Waals surface area contributed by atoms with E-state index >= 15 is 0 Å². The summed E-state index contributed by atoms with van der Waals surface area (Å²) >= 11 is 0. The SMILES string of the molecule is COc1cc(CO)ccc1S(=O)(=O)NC(C)CC1CC1. The number of nitrogens with one attached hydrogen (secondary N) is 1. The Kier molecular flexibility index (Phi) is 4.67. The molecule has 0 aromatic heterocycles. The van der Waals surface area contributed by atoms with Crippen LogP contribution in [0.4, 0.5) is 0 Å². The van der Waals surface area contributed by atoms with Crippen LogP contribution in [-0.4, -0.2) is 26.7 Å². The van der Waals surface area contributed by atoms with Crippen molar-refractivity contribution in [1.29, 1.82) is 0 Å². The average molecular weight is 299 g/mol. The van der Waals surface area contributed by atoms with Gasteiger partial charge < -0.3 is 9.84 Å². The van der Waals surface area contributed by atoms with Gasteiger partial charge in [-0.25, -0.2) is 13.1 Å². The zero-order chi connectivity index (χ0) is 14.8. The van der Waals surface area contributed by atoms with Gasteiger partial charge in [-0.05, 0) is 37.0 Å². The van der Waals surface area contributed by atoms with Crippen LogP contribution in [0.25, 0.3) is 0 Å². The number of aliphatic hydroxyl groups is 1. The number of hydrogen-bond donors (Lipinski definition) is 2. The van der Waals surface area contributed by atoms with E-state index in [-0.39, 0.29) is 23.3 Å². The van der Waals surface area contributed by atoms with Crippen molar-refractivity contribution in [1.82, 2.24) is 4.72 Å². The molecule has 0 saturated heterocycles. The zero-order valence-electron chi connectivity index (χ0n) is 11.8. The van der Waals surface area contributed by atoms with E-state index in [1.165, 1.54) is 26.0 Å². The van der Waals surface area contributed by atoms with Crippen LogP contribution in [0.2, 0.25) is 0 Å². The van der Waals surface area contributed by atoms with E-state index in [1.54, 1.807) is 12.1 Å². The molecule has 0 aliphatic heterocycles. The van der Waals surface area contributed by atoms with Crippen molar-refractivity contribution in [2.75, 3.05) is 7.11 Å². The second-order valence-electron chi connectivity index (χ2n) is 5.34. The Morgan fingerprint density at radius 2 is 2.15 bits per heavy atom. The smallest absolute Gasteiger partial charge is 0.244 e. The maximum atomic E-state index is 12.4. The molecule has 1 aliphatic rings. The molecule has 2 rings (SSSR count). The van der Waals surface area contributed by atoms with Gasteiger partial charge in [0.15, 0.2) is 0 Å². The molecule has 1 atom stereocenters. The van der Waals surface area contributed by atoms with Crippen molar-refractivity contribution < 1.29 is 18.3 Å². The molecule has 1 aromatic rings. The van der Waals surface area contributed by atoms with Crippen LogP contribution in [0, 0.1) is 5.92 Å². The van der Waals surface area contributed by atoms with Gasteiger partial charge in [0, 0.05) is 6.04 Å². The first kappa shape index (κ1) is 15.3. The van der Waals surface area contributed by atoms with Crippen LogP contribution in [0.1, 0.15) is 31.7 Å². The Labute approximate surface area is 120 Å². The Hall–Kier alpha value is -1.11. The highest BCUT2D eigenvalue weighted by Crippen LogP contribution is 2.34. The van der Waals surface area contributed by atoms with Crippen molar-refractivity contribution >= 4 is 10.0 Å². The maximum Gasteiger partial charge on any atom is 0.244 e. The number of rotatable bonds is 7. The Balaban J connectivity index is 2.19. The molecule has 1 aromatic carbocycles. The zero-order valence-corrected chi connectivity index (χ0v) is 12.6. The fourth-order valence-electron chi connectivity index (χ4n) is 2.26. The summed E-state index contributed by atoms with van der Waals surface area (Å²) in [4.78, 5) is 0.111. The van der Waals surface area contributed by atoms with Crippen molar-refractivity contribution in [3.63, 3.8) is 0 Å². The van der Waals surface area contributed by atoms with Gasteiger partial charge in [-0.15, -0.1) is 0 Å². The quantitative estimate of drug-likeness (QED) is 0.803. The minimum Gasteiger partial charge on any atom is -0.495 e. The molecule has 2 N–H and O–H groups in total. The lowest BCUT2D eigenvalue weighted by atomic mass is 10.2. The van der Waals surface area contributed by atoms with Gasteiger partial charge in [0.2, 0.25) is 10.0 Å². The third-order valence-electron chi connectivity index (χ3n) is 3.44. The lowest BCUT2D eigenvalue weighted by Gasteiger charge is -2.16. The molecule has 0 heterocycles. The third-order valence-corrected chi connectivity index (χ3v) is 5.07. The molecule has 0 radical (unpaired) electrons. The fraction of sp³-hybridized carbons (Fsp3) is 0.571. The first-order valence-corrected chi connectivity index (χ1v) is 8.24. The number of methoxy groups -OCH3 is 1. The van der Waals surface area contributed by atoms with Gasteiger partial charge >= 0.3 is 0 Å². The minimum absolute atomic E-state index is 0.0882. The third kappa shape index (κ3) is 3.71. The van der Waals surface area contributed by atoms with E-state index in [0.717, 1.165) is 6.42 Å². The fourth-order valence-corrected chi connectivity index (χ4v) is 3.67. The largest absolute Gasteiger partial charge is 0.495 e. The van der Waals surface area contributed by atoms with Gasteiger partial charge in [-0.2, -0.15) is 0 Å². The van der Waals surface area contributed by atoms with Crippen LogP contribution in [-0.2, 0) is 16.6 Å². The van der Waals surface area contributed by atoms with Gasteiger partial charge in [0.1, 0.15) is 10.6 Å². The second kappa shape index (κ2) is 6.11. The van der Waals surface area contributed by atoms with Crippen LogP contribution in [0.15, 0.2) is 23.1 Å². The highest BCUT2D eigenvalue weighted by atomic mass is 32.2. The molecule has 1 aliphatic carbocycles. The number of hydrogen-bond acceptors (Lipinski definition) is 4. The number of aliphatic hydroxyl groups excluding tert-OH is 1. The van der Waals surface area contributed by atoms with Crippen LogP contribution >= 0.6 is 0 Å². The van der Waals surface area contributed by atoms with E-state index in [4.69, 9.17) is 9.84 Å². The topological polar surface area (TPSA) is 75.6 Å². The lowest BCUT2D eigenvalue weighted by Crippen LogP contribution is -2.33. The Morgan fingerprint density at radius 3 is 2.70 bits per heavy atom. The first-order valence-electron chi connectivity index (χ1n) is 6.76. The second-order valence-corrected chi connectivity index (χ2v) is 7.03. The average Bonchev–Trinajstić information content (AvgIpc) is 3.20. The molecule has 1 fully saturated rings. The summed E-state index contributed by atoms with van der Waals surface area (Å²) in [7, 11) is -2.18. The molecular weight excluding hydrogens is 278 g/mol. The summed E-state index contributed by atoms with van der Waals surface area (Å²) in [6, 6.07) is 4.51. The summed E-state index contributed by atoms with van der Waals surface area (Å²) in [6.07, 6.45) is 3.26. The Morgan fingerprint density at radius 1 is 1.45 bits per heavy atom. The molecule has 112 valence electrons. The predicted molar refractivity (Wildman–Crippen MR) is 76.0 cm³/mol. The van der Waals surface area contributed by atoms with E-state index in [0.29, 0.717) is 11.5 Å². The van der Waals surface area contributed by atoms with Gasteiger partial charge in [-0.3, -0.25) is 0 Å². The normalized spacial score (nSPS) is 16.9. The molecule has 0 spiro atoms. The molecule has 1 unspecified atom stereocenters. The van der Waals surface area contributed by atoms with Gasteiger partial charge in [0.25, 0.3) is 0 Å².